The second-order valence-corrected chi connectivity index (χ2v) is 6.63. The first kappa shape index (κ1) is 14.3. The summed E-state index contributed by atoms with van der Waals surface area (Å²) in [6.45, 7) is 4.97. The summed E-state index contributed by atoms with van der Waals surface area (Å²) in [5, 5.41) is 8.61. The zero-order chi connectivity index (χ0) is 15.8. The minimum atomic E-state index is 0.295. The summed E-state index contributed by atoms with van der Waals surface area (Å²) in [6, 6.07) is 8.09. The highest BCUT2D eigenvalue weighted by molar-refractivity contribution is 8.13. The highest BCUT2D eigenvalue weighted by Gasteiger charge is 2.18. The lowest BCUT2D eigenvalue weighted by Gasteiger charge is -2.16. The third-order valence-corrected chi connectivity index (χ3v) is 4.54. The molecule has 0 radical (unpaired) electrons. The van der Waals surface area contributed by atoms with Gasteiger partial charge in [0.25, 0.3) is 0 Å². The van der Waals surface area contributed by atoms with E-state index in [1.807, 2.05) is 35.1 Å². The Bertz CT molecular complexity index is 847. The third-order valence-electron chi connectivity index (χ3n) is 3.64. The topological polar surface area (TPSA) is 68.2 Å². The van der Waals surface area contributed by atoms with Gasteiger partial charge in [0.15, 0.2) is 16.6 Å². The van der Waals surface area contributed by atoms with Gasteiger partial charge in [-0.1, -0.05) is 23.9 Å². The summed E-state index contributed by atoms with van der Waals surface area (Å²) in [7, 11) is 0. The fourth-order valence-corrected chi connectivity index (χ4v) is 3.23. The van der Waals surface area contributed by atoms with Crippen molar-refractivity contribution in [1.29, 1.82) is 0 Å². The smallest absolute Gasteiger partial charge is 0.205 e. The van der Waals surface area contributed by atoms with Gasteiger partial charge in [-0.2, -0.15) is 5.10 Å². The molecular formula is C16H17N5OS. The summed E-state index contributed by atoms with van der Waals surface area (Å²) < 4.78 is 7.70. The van der Waals surface area contributed by atoms with Crippen LogP contribution in [0, 0.1) is 0 Å². The first-order valence-electron chi connectivity index (χ1n) is 7.57. The maximum Gasteiger partial charge on any atom is 0.205 e. The van der Waals surface area contributed by atoms with Crippen LogP contribution >= 0.6 is 11.8 Å². The van der Waals surface area contributed by atoms with E-state index >= 15 is 0 Å². The summed E-state index contributed by atoms with van der Waals surface area (Å²) in [6.07, 6.45) is 1.88. The fourth-order valence-electron chi connectivity index (χ4n) is 2.52. The molecule has 0 bridgehead atoms. The maximum atomic E-state index is 5.74. The Morgan fingerprint density at radius 3 is 3.04 bits per heavy atom. The van der Waals surface area contributed by atoms with Crippen LogP contribution in [0.15, 0.2) is 39.9 Å². The molecule has 7 heteroatoms. The molecule has 1 aliphatic heterocycles. The number of rotatable bonds is 3. The monoisotopic (exact) mass is 327 g/mol. The third kappa shape index (κ3) is 2.72. The number of thioether (sulfide) groups is 1. The molecule has 2 aromatic heterocycles. The Hall–Kier alpha value is -2.28. The van der Waals surface area contributed by atoms with E-state index in [1.165, 1.54) is 0 Å². The van der Waals surface area contributed by atoms with Crippen LogP contribution in [0.3, 0.4) is 0 Å². The van der Waals surface area contributed by atoms with Crippen molar-refractivity contribution in [3.63, 3.8) is 0 Å². The standard InChI is InChI=1S/C16H17N5OS/c1-10(2)21-15-11(8-18-21)7-17-16(20-15)23-9-14-19-12-5-3-4-6-13(12)22-14/h3-6,8,10H,7,9H2,1-2H3,(H,17,20). The van der Waals surface area contributed by atoms with Crippen LogP contribution in [-0.4, -0.2) is 19.9 Å². The number of nitrogens with zero attached hydrogens (tertiary/aromatic N) is 4. The van der Waals surface area contributed by atoms with Crippen LogP contribution < -0.4 is 5.32 Å². The Morgan fingerprint density at radius 1 is 1.35 bits per heavy atom. The molecular weight excluding hydrogens is 310 g/mol. The van der Waals surface area contributed by atoms with Gasteiger partial charge in [-0.3, -0.25) is 0 Å². The van der Waals surface area contributed by atoms with Crippen molar-refractivity contribution in [2.45, 2.75) is 32.2 Å². The number of benzene rings is 1. The minimum Gasteiger partial charge on any atom is -0.440 e. The normalized spacial score (nSPS) is 14.0. The van der Waals surface area contributed by atoms with Gasteiger partial charge in [0.05, 0.1) is 11.9 Å². The lowest BCUT2D eigenvalue weighted by atomic mass is 10.3. The lowest BCUT2D eigenvalue weighted by molar-refractivity contribution is 0.536. The van der Waals surface area contributed by atoms with E-state index in [0.717, 1.165) is 34.2 Å². The first-order valence-corrected chi connectivity index (χ1v) is 8.55. The van der Waals surface area contributed by atoms with Crippen LogP contribution in [-0.2, 0) is 12.3 Å². The van der Waals surface area contributed by atoms with E-state index in [-0.39, 0.29) is 0 Å². The number of hydrogen-bond acceptors (Lipinski definition) is 6. The van der Waals surface area contributed by atoms with E-state index in [9.17, 15) is 0 Å². The van der Waals surface area contributed by atoms with E-state index in [4.69, 9.17) is 9.41 Å². The number of nitrogens with one attached hydrogen (secondary N) is 1. The summed E-state index contributed by atoms with van der Waals surface area (Å²) in [4.78, 5) is 9.18. The molecule has 1 N–H and O–H groups in total. The predicted molar refractivity (Wildman–Crippen MR) is 91.9 cm³/mol. The Morgan fingerprint density at radius 2 is 2.22 bits per heavy atom. The highest BCUT2D eigenvalue weighted by Crippen LogP contribution is 2.28. The lowest BCUT2D eigenvalue weighted by Crippen LogP contribution is -2.23. The molecule has 118 valence electrons. The predicted octanol–water partition coefficient (Wildman–Crippen LogP) is 3.63. The highest BCUT2D eigenvalue weighted by atomic mass is 32.2. The molecule has 6 nitrogen and oxygen atoms in total. The van der Waals surface area contributed by atoms with Crippen LogP contribution in [0.4, 0.5) is 5.82 Å². The number of fused-ring (bicyclic) bond motifs is 2. The molecule has 23 heavy (non-hydrogen) atoms. The van der Waals surface area contributed by atoms with E-state index < -0.39 is 0 Å². The van der Waals surface area contributed by atoms with Crippen molar-refractivity contribution in [3.8, 4) is 0 Å². The van der Waals surface area contributed by atoms with Crippen molar-refractivity contribution in [2.24, 2.45) is 4.99 Å². The van der Waals surface area contributed by atoms with Crippen molar-refractivity contribution < 1.29 is 4.42 Å². The van der Waals surface area contributed by atoms with Crippen LogP contribution in [0.25, 0.3) is 11.1 Å². The van der Waals surface area contributed by atoms with Gasteiger partial charge in [0, 0.05) is 18.2 Å². The van der Waals surface area contributed by atoms with Gasteiger partial charge >= 0.3 is 0 Å². The summed E-state index contributed by atoms with van der Waals surface area (Å²) in [5.74, 6) is 2.30. The first-order chi connectivity index (χ1) is 11.2. The molecule has 1 aromatic carbocycles. The second-order valence-electron chi connectivity index (χ2n) is 5.67. The number of oxazole rings is 1. The molecule has 0 unspecified atom stereocenters. The summed E-state index contributed by atoms with van der Waals surface area (Å²) >= 11 is 1.59. The van der Waals surface area contributed by atoms with Crippen molar-refractivity contribution in [3.05, 3.63) is 41.9 Å². The molecule has 0 spiro atoms. The SMILES string of the molecule is CC(C)n1ncc2c1N=C(SCc1nc3ccccc3o1)NC2. The van der Waals surface area contributed by atoms with Gasteiger partial charge in [-0.05, 0) is 26.0 Å². The van der Waals surface area contributed by atoms with E-state index in [0.29, 0.717) is 17.7 Å². The molecule has 0 saturated heterocycles. The number of hydrogen-bond donors (Lipinski definition) is 1. The molecule has 0 fully saturated rings. The van der Waals surface area contributed by atoms with Crippen LogP contribution in [0.2, 0.25) is 0 Å². The molecule has 0 amide bonds. The van der Waals surface area contributed by atoms with Crippen molar-refractivity contribution in [1.82, 2.24) is 20.1 Å². The molecule has 0 saturated carbocycles. The Labute approximate surface area is 138 Å². The molecule has 0 atom stereocenters. The maximum absolute atomic E-state index is 5.74. The number of aliphatic imine (C=N–C) groups is 1. The van der Waals surface area contributed by atoms with Crippen LogP contribution in [0.5, 0.6) is 0 Å². The quantitative estimate of drug-likeness (QED) is 0.795. The number of para-hydroxylation sites is 2. The van der Waals surface area contributed by atoms with Gasteiger partial charge in [-0.15, -0.1) is 0 Å². The average Bonchev–Trinajstić information content (AvgIpc) is 3.15. The largest absolute Gasteiger partial charge is 0.440 e. The van der Waals surface area contributed by atoms with Gasteiger partial charge in [0.1, 0.15) is 5.52 Å². The second kappa shape index (κ2) is 5.73. The Balaban J connectivity index is 1.52. The number of aromatic nitrogens is 3. The van der Waals surface area contributed by atoms with Gasteiger partial charge in [0.2, 0.25) is 5.89 Å². The molecule has 4 rings (SSSR count). The molecule has 1 aliphatic rings. The molecule has 0 aliphatic carbocycles. The number of amidine groups is 1. The average molecular weight is 327 g/mol. The van der Waals surface area contributed by atoms with E-state index in [1.54, 1.807) is 11.8 Å². The summed E-state index contributed by atoms with van der Waals surface area (Å²) in [5.41, 5.74) is 2.84. The zero-order valence-electron chi connectivity index (χ0n) is 13.0. The van der Waals surface area contributed by atoms with Crippen molar-refractivity contribution in [2.75, 3.05) is 0 Å². The Kier molecular flexibility index (Phi) is 3.57. The molecule has 3 aromatic rings. The van der Waals surface area contributed by atoms with Crippen molar-refractivity contribution >= 4 is 33.8 Å². The fraction of sp³-hybridized carbons (Fsp3) is 0.312. The van der Waals surface area contributed by atoms with E-state index in [2.05, 4.69) is 29.2 Å². The van der Waals surface area contributed by atoms with Crippen LogP contribution in [0.1, 0.15) is 31.3 Å². The van der Waals surface area contributed by atoms with Gasteiger partial charge in [-0.25, -0.2) is 14.7 Å². The minimum absolute atomic E-state index is 0.295. The van der Waals surface area contributed by atoms with Gasteiger partial charge < -0.3 is 9.73 Å². The molecule has 3 heterocycles. The zero-order valence-corrected chi connectivity index (χ0v) is 13.8.